The number of anilines is 1. The minimum Gasteiger partial charge on any atom is -0.379 e. The smallest absolute Gasteiger partial charge is 0.264 e. The number of aromatic nitrogens is 2. The predicted octanol–water partition coefficient (Wildman–Crippen LogP) is 2.37. The Morgan fingerprint density at radius 3 is 2.93 bits per heavy atom. The lowest BCUT2D eigenvalue weighted by Crippen LogP contribution is -2.39. The number of carbonyl (C=O) groups excluding carboxylic acids is 1. The lowest BCUT2D eigenvalue weighted by molar-refractivity contribution is 0.0398. The molecule has 2 aromatic heterocycles. The highest BCUT2D eigenvalue weighted by atomic mass is 32.1. The molecule has 28 heavy (non-hydrogen) atoms. The number of aryl methyl sites for hydroxylation is 1. The van der Waals surface area contributed by atoms with Gasteiger partial charge < -0.3 is 15.0 Å². The van der Waals surface area contributed by atoms with Crippen molar-refractivity contribution in [1.82, 2.24) is 19.8 Å². The summed E-state index contributed by atoms with van der Waals surface area (Å²) in [6, 6.07) is 0.444. The first-order chi connectivity index (χ1) is 13.7. The fourth-order valence-electron chi connectivity index (χ4n) is 4.87. The lowest BCUT2D eigenvalue weighted by atomic mass is 10.1. The molecule has 2 atom stereocenters. The molecule has 2 aliphatic heterocycles. The van der Waals surface area contributed by atoms with Crippen LogP contribution in [-0.2, 0) is 4.74 Å². The monoisotopic (exact) mass is 401 g/mol. The van der Waals surface area contributed by atoms with Crippen molar-refractivity contribution < 1.29 is 9.53 Å². The Balaban J connectivity index is 1.34. The summed E-state index contributed by atoms with van der Waals surface area (Å²) in [5, 5.41) is 4.47. The quantitative estimate of drug-likeness (QED) is 0.829. The standard InChI is InChI=1S/C20H27N5O2S/c1-13-16-18(21-4-5-24-6-8-27-9-7-24)22-12-23-19(16)28-17(13)20(26)25-11-14-2-3-15(25)10-14/h12,14-15H,2-11H2,1H3,(H,21,22,23). The number of hydrogen-bond donors (Lipinski definition) is 1. The molecule has 2 unspecified atom stereocenters. The number of piperidine rings is 1. The fraction of sp³-hybridized carbons (Fsp3) is 0.650. The first-order valence-corrected chi connectivity index (χ1v) is 11.1. The van der Waals surface area contributed by atoms with E-state index in [1.807, 2.05) is 6.92 Å². The SMILES string of the molecule is Cc1c(C(=O)N2CC3CCC2C3)sc2ncnc(NCCN3CCOCC3)c12. The average Bonchev–Trinajstić information content (AvgIpc) is 3.43. The summed E-state index contributed by atoms with van der Waals surface area (Å²) < 4.78 is 5.41. The molecule has 2 aromatic rings. The minimum absolute atomic E-state index is 0.187. The van der Waals surface area contributed by atoms with E-state index in [2.05, 4.69) is 25.1 Å². The highest BCUT2D eigenvalue weighted by Gasteiger charge is 2.41. The molecule has 2 saturated heterocycles. The molecule has 8 heteroatoms. The number of nitrogens with one attached hydrogen (secondary N) is 1. The molecule has 1 N–H and O–H groups in total. The van der Waals surface area contributed by atoms with Gasteiger partial charge in [0.15, 0.2) is 0 Å². The third-order valence-electron chi connectivity index (χ3n) is 6.42. The molecule has 150 valence electrons. The van der Waals surface area contributed by atoms with Crippen LogP contribution in [0.5, 0.6) is 0 Å². The van der Waals surface area contributed by atoms with Crippen molar-refractivity contribution in [2.24, 2.45) is 5.92 Å². The maximum absolute atomic E-state index is 13.2. The van der Waals surface area contributed by atoms with Crippen LogP contribution >= 0.6 is 11.3 Å². The van der Waals surface area contributed by atoms with E-state index >= 15 is 0 Å². The van der Waals surface area contributed by atoms with E-state index < -0.39 is 0 Å². The normalized spacial score (nSPS) is 25.0. The van der Waals surface area contributed by atoms with Gasteiger partial charge in [-0.05, 0) is 37.7 Å². The number of thiophene rings is 1. The van der Waals surface area contributed by atoms with Crippen LogP contribution in [0.15, 0.2) is 6.33 Å². The number of carbonyl (C=O) groups is 1. The molecule has 1 saturated carbocycles. The predicted molar refractivity (Wildman–Crippen MR) is 110 cm³/mol. The van der Waals surface area contributed by atoms with Crippen molar-refractivity contribution in [2.45, 2.75) is 32.2 Å². The number of likely N-dealkylation sites (tertiary alicyclic amines) is 1. The summed E-state index contributed by atoms with van der Waals surface area (Å²) in [6.07, 6.45) is 5.22. The van der Waals surface area contributed by atoms with Gasteiger partial charge in [0, 0.05) is 38.8 Å². The van der Waals surface area contributed by atoms with Gasteiger partial charge in [0.05, 0.1) is 23.5 Å². The van der Waals surface area contributed by atoms with Gasteiger partial charge in [0.25, 0.3) is 5.91 Å². The lowest BCUT2D eigenvalue weighted by Gasteiger charge is -2.26. The molecule has 1 amide bonds. The summed E-state index contributed by atoms with van der Waals surface area (Å²) in [5.41, 5.74) is 1.02. The summed E-state index contributed by atoms with van der Waals surface area (Å²) in [7, 11) is 0. The Morgan fingerprint density at radius 1 is 1.32 bits per heavy atom. The van der Waals surface area contributed by atoms with E-state index in [-0.39, 0.29) is 5.91 Å². The molecule has 7 nitrogen and oxygen atoms in total. The van der Waals surface area contributed by atoms with Gasteiger partial charge in [-0.15, -0.1) is 11.3 Å². The zero-order valence-electron chi connectivity index (χ0n) is 16.3. The number of ether oxygens (including phenoxy) is 1. The van der Waals surface area contributed by atoms with Crippen LogP contribution in [0.25, 0.3) is 10.2 Å². The second-order valence-electron chi connectivity index (χ2n) is 8.13. The summed E-state index contributed by atoms with van der Waals surface area (Å²) >= 11 is 1.51. The van der Waals surface area contributed by atoms with Gasteiger partial charge in [-0.3, -0.25) is 9.69 Å². The van der Waals surface area contributed by atoms with E-state index in [9.17, 15) is 4.79 Å². The molecular weight excluding hydrogens is 374 g/mol. The first kappa shape index (κ1) is 18.3. The summed E-state index contributed by atoms with van der Waals surface area (Å²) in [4.78, 5) is 28.4. The van der Waals surface area contributed by atoms with Crippen LogP contribution < -0.4 is 5.32 Å². The molecule has 1 aliphatic carbocycles. The number of nitrogens with zero attached hydrogens (tertiary/aromatic N) is 4. The van der Waals surface area contributed by atoms with Crippen LogP contribution in [0.3, 0.4) is 0 Å². The largest absolute Gasteiger partial charge is 0.379 e. The number of fused-ring (bicyclic) bond motifs is 3. The topological polar surface area (TPSA) is 70.6 Å². The van der Waals surface area contributed by atoms with Gasteiger partial charge in [0.1, 0.15) is 17.0 Å². The number of hydrogen-bond acceptors (Lipinski definition) is 7. The van der Waals surface area contributed by atoms with Gasteiger partial charge in [-0.1, -0.05) is 0 Å². The van der Waals surface area contributed by atoms with Crippen LogP contribution in [0, 0.1) is 12.8 Å². The van der Waals surface area contributed by atoms with Crippen LogP contribution in [-0.4, -0.2) is 77.7 Å². The number of rotatable bonds is 5. The van der Waals surface area contributed by atoms with Gasteiger partial charge in [0.2, 0.25) is 0 Å². The van der Waals surface area contributed by atoms with Gasteiger partial charge in [-0.25, -0.2) is 9.97 Å². The Morgan fingerprint density at radius 2 is 2.18 bits per heavy atom. The van der Waals surface area contributed by atoms with Crippen LogP contribution in [0.2, 0.25) is 0 Å². The molecule has 3 aliphatic rings. The van der Waals surface area contributed by atoms with E-state index in [1.165, 1.54) is 24.2 Å². The maximum Gasteiger partial charge on any atom is 0.264 e. The Bertz CT molecular complexity index is 879. The average molecular weight is 402 g/mol. The molecule has 0 radical (unpaired) electrons. The molecule has 2 bridgehead atoms. The van der Waals surface area contributed by atoms with Crippen molar-refractivity contribution in [3.8, 4) is 0 Å². The molecule has 0 aromatic carbocycles. The van der Waals surface area contributed by atoms with Gasteiger partial charge in [-0.2, -0.15) is 0 Å². The first-order valence-electron chi connectivity index (χ1n) is 10.3. The third-order valence-corrected chi connectivity index (χ3v) is 7.60. The Hall–Kier alpha value is -1.77. The minimum atomic E-state index is 0.187. The Labute approximate surface area is 169 Å². The van der Waals surface area contributed by atoms with Crippen molar-refractivity contribution >= 4 is 33.3 Å². The molecule has 0 spiro atoms. The van der Waals surface area contributed by atoms with Crippen LogP contribution in [0.4, 0.5) is 5.82 Å². The third kappa shape index (κ3) is 3.27. The van der Waals surface area contributed by atoms with Crippen molar-refractivity contribution in [3.63, 3.8) is 0 Å². The highest BCUT2D eigenvalue weighted by Crippen LogP contribution is 2.40. The van der Waals surface area contributed by atoms with Crippen molar-refractivity contribution in [3.05, 3.63) is 16.8 Å². The zero-order valence-corrected chi connectivity index (χ0v) is 17.1. The van der Waals surface area contributed by atoms with E-state index in [0.29, 0.717) is 12.0 Å². The second kappa shape index (κ2) is 7.57. The molecular formula is C20H27N5O2S. The van der Waals surface area contributed by atoms with Crippen LogP contribution in [0.1, 0.15) is 34.5 Å². The summed E-state index contributed by atoms with van der Waals surface area (Å²) in [6.45, 7) is 8.33. The van der Waals surface area contributed by atoms with Crippen molar-refractivity contribution in [1.29, 1.82) is 0 Å². The maximum atomic E-state index is 13.2. The number of morpholine rings is 1. The molecule has 3 fully saturated rings. The fourth-order valence-corrected chi connectivity index (χ4v) is 5.98. The van der Waals surface area contributed by atoms with E-state index in [1.54, 1.807) is 6.33 Å². The second-order valence-corrected chi connectivity index (χ2v) is 9.13. The van der Waals surface area contributed by atoms with Gasteiger partial charge >= 0.3 is 0 Å². The van der Waals surface area contributed by atoms with E-state index in [0.717, 1.165) is 78.8 Å². The summed E-state index contributed by atoms with van der Waals surface area (Å²) in [5.74, 6) is 1.74. The van der Waals surface area contributed by atoms with Crippen molar-refractivity contribution in [2.75, 3.05) is 51.3 Å². The van der Waals surface area contributed by atoms with E-state index in [4.69, 9.17) is 4.74 Å². The Kier molecular flexibility index (Phi) is 4.94. The highest BCUT2D eigenvalue weighted by molar-refractivity contribution is 7.20. The zero-order chi connectivity index (χ0) is 19.1. The number of amides is 1. The molecule has 4 heterocycles. The molecule has 5 rings (SSSR count).